The summed E-state index contributed by atoms with van der Waals surface area (Å²) in [5, 5.41) is 6.94. The van der Waals surface area contributed by atoms with Crippen molar-refractivity contribution in [1.82, 2.24) is 4.98 Å². The largest absolute Gasteiger partial charge is 0.325 e. The molecule has 0 radical (unpaired) electrons. The van der Waals surface area contributed by atoms with Gasteiger partial charge in [0.1, 0.15) is 0 Å². The Labute approximate surface area is 151 Å². The van der Waals surface area contributed by atoms with Crippen molar-refractivity contribution >= 4 is 39.8 Å². The van der Waals surface area contributed by atoms with Crippen LogP contribution in [0.15, 0.2) is 24.3 Å². The van der Waals surface area contributed by atoms with Crippen molar-refractivity contribution in [2.24, 2.45) is 11.3 Å². The second kappa shape index (κ2) is 6.73. The molecular weight excluding hydrogens is 342 g/mol. The predicted molar refractivity (Wildman–Crippen MR) is 101 cm³/mol. The van der Waals surface area contributed by atoms with Crippen LogP contribution in [0.3, 0.4) is 0 Å². The quantitative estimate of drug-likeness (QED) is 0.730. The van der Waals surface area contributed by atoms with E-state index in [1.54, 1.807) is 35.6 Å². The van der Waals surface area contributed by atoms with Gasteiger partial charge >= 0.3 is 6.03 Å². The molecule has 1 heterocycles. The Kier molecular flexibility index (Phi) is 4.83. The van der Waals surface area contributed by atoms with Gasteiger partial charge in [0, 0.05) is 15.6 Å². The highest BCUT2D eigenvalue weighted by Gasteiger charge is 2.30. The van der Waals surface area contributed by atoms with Crippen molar-refractivity contribution in [3.05, 3.63) is 39.9 Å². The fraction of sp³-hybridized carbons (Fsp3) is 0.444. The van der Waals surface area contributed by atoms with Gasteiger partial charge in [0.05, 0.1) is 5.69 Å². The average Bonchev–Trinajstić information content (AvgIpc) is 2.89. The van der Waals surface area contributed by atoms with Gasteiger partial charge in [-0.2, -0.15) is 0 Å². The molecule has 0 aliphatic heterocycles. The highest BCUT2D eigenvalue weighted by Crippen LogP contribution is 2.40. The molecule has 2 amide bonds. The van der Waals surface area contributed by atoms with Crippen LogP contribution in [0.1, 0.15) is 37.8 Å². The minimum absolute atomic E-state index is 0.282. The summed E-state index contributed by atoms with van der Waals surface area (Å²) in [5.74, 6) is 0.668. The molecular formula is C18H22ClN3OS. The topological polar surface area (TPSA) is 54.0 Å². The Hall–Kier alpha value is -1.59. The van der Waals surface area contributed by atoms with Crippen LogP contribution >= 0.6 is 22.9 Å². The minimum atomic E-state index is -0.282. The number of urea groups is 1. The first-order valence-corrected chi connectivity index (χ1v) is 9.33. The van der Waals surface area contributed by atoms with E-state index in [-0.39, 0.29) is 6.03 Å². The second-order valence-electron chi connectivity index (χ2n) is 7.28. The molecule has 2 aromatic rings. The highest BCUT2D eigenvalue weighted by molar-refractivity contribution is 7.15. The molecule has 2 N–H and O–H groups in total. The number of fused-ring (bicyclic) bond motifs is 1. The molecule has 0 saturated heterocycles. The molecule has 128 valence electrons. The van der Waals surface area contributed by atoms with E-state index < -0.39 is 0 Å². The number of aromatic nitrogens is 1. The van der Waals surface area contributed by atoms with Crippen molar-refractivity contribution in [1.29, 1.82) is 0 Å². The summed E-state index contributed by atoms with van der Waals surface area (Å²) in [6, 6.07) is 6.74. The zero-order chi connectivity index (χ0) is 17.3. The third-order valence-electron chi connectivity index (χ3n) is 4.49. The van der Waals surface area contributed by atoms with Crippen LogP contribution in [0.25, 0.3) is 0 Å². The lowest BCUT2D eigenvalue weighted by Crippen LogP contribution is -2.26. The number of hydrogen-bond donors (Lipinski definition) is 2. The van der Waals surface area contributed by atoms with Gasteiger partial charge in [-0.3, -0.25) is 5.32 Å². The van der Waals surface area contributed by atoms with E-state index in [1.807, 2.05) is 0 Å². The molecule has 0 spiro atoms. The van der Waals surface area contributed by atoms with Crippen LogP contribution in [-0.2, 0) is 12.8 Å². The van der Waals surface area contributed by atoms with Gasteiger partial charge < -0.3 is 5.32 Å². The summed E-state index contributed by atoms with van der Waals surface area (Å²) in [6.07, 6.45) is 3.21. The van der Waals surface area contributed by atoms with E-state index in [2.05, 4.69) is 36.4 Å². The monoisotopic (exact) mass is 363 g/mol. The molecule has 4 nitrogen and oxygen atoms in total. The number of amides is 2. The van der Waals surface area contributed by atoms with Crippen molar-refractivity contribution < 1.29 is 4.79 Å². The van der Waals surface area contributed by atoms with Crippen LogP contribution in [0.4, 0.5) is 15.6 Å². The number of benzene rings is 1. The molecule has 24 heavy (non-hydrogen) atoms. The summed E-state index contributed by atoms with van der Waals surface area (Å²) < 4.78 is 0. The van der Waals surface area contributed by atoms with E-state index in [4.69, 9.17) is 11.6 Å². The van der Waals surface area contributed by atoms with Gasteiger partial charge in [0.25, 0.3) is 0 Å². The maximum atomic E-state index is 12.1. The standard InChI is InChI=1S/C18H22ClN3OS/c1-18(2,3)11-4-9-14-15(10-11)24-17(21-14)22-16(23)20-13-7-5-12(19)6-8-13/h5-8,11H,4,9-10H2,1-3H3,(H2,20,21,22,23). The van der Waals surface area contributed by atoms with Crippen molar-refractivity contribution in [2.75, 3.05) is 10.6 Å². The molecule has 1 atom stereocenters. The first-order chi connectivity index (χ1) is 11.3. The highest BCUT2D eigenvalue weighted by atomic mass is 35.5. The number of hydrogen-bond acceptors (Lipinski definition) is 3. The first kappa shape index (κ1) is 17.2. The number of anilines is 2. The Morgan fingerprint density at radius 3 is 2.62 bits per heavy atom. The van der Waals surface area contributed by atoms with Gasteiger partial charge in [0.15, 0.2) is 5.13 Å². The molecule has 0 bridgehead atoms. The number of nitrogens with zero attached hydrogens (tertiary/aromatic N) is 1. The van der Waals surface area contributed by atoms with Crippen LogP contribution < -0.4 is 10.6 Å². The van der Waals surface area contributed by atoms with Gasteiger partial charge in [-0.15, -0.1) is 11.3 Å². The lowest BCUT2D eigenvalue weighted by atomic mass is 9.73. The Morgan fingerprint density at radius 1 is 1.25 bits per heavy atom. The van der Waals surface area contributed by atoms with Crippen LogP contribution in [-0.4, -0.2) is 11.0 Å². The van der Waals surface area contributed by atoms with E-state index in [0.717, 1.165) is 25.0 Å². The second-order valence-corrected chi connectivity index (χ2v) is 8.80. The zero-order valence-electron chi connectivity index (χ0n) is 14.1. The average molecular weight is 364 g/mol. The molecule has 1 unspecified atom stereocenters. The third-order valence-corrected chi connectivity index (χ3v) is 5.77. The molecule has 1 aromatic heterocycles. The van der Waals surface area contributed by atoms with Crippen LogP contribution in [0, 0.1) is 11.3 Å². The summed E-state index contributed by atoms with van der Waals surface area (Å²) >= 11 is 7.44. The van der Waals surface area contributed by atoms with E-state index in [1.165, 1.54) is 4.88 Å². The van der Waals surface area contributed by atoms with Gasteiger partial charge in [0.2, 0.25) is 0 Å². The van der Waals surface area contributed by atoms with Crippen molar-refractivity contribution in [3.8, 4) is 0 Å². The zero-order valence-corrected chi connectivity index (χ0v) is 15.7. The number of rotatable bonds is 2. The lowest BCUT2D eigenvalue weighted by Gasteiger charge is -2.33. The maximum Gasteiger partial charge on any atom is 0.325 e. The minimum Gasteiger partial charge on any atom is -0.308 e. The summed E-state index contributed by atoms with van der Waals surface area (Å²) in [7, 11) is 0. The smallest absolute Gasteiger partial charge is 0.308 e. The molecule has 6 heteroatoms. The van der Waals surface area contributed by atoms with Gasteiger partial charge in [-0.1, -0.05) is 32.4 Å². The lowest BCUT2D eigenvalue weighted by molar-refractivity contribution is 0.217. The van der Waals surface area contributed by atoms with Gasteiger partial charge in [-0.25, -0.2) is 9.78 Å². The number of carbonyl (C=O) groups is 1. The summed E-state index contributed by atoms with van der Waals surface area (Å²) in [4.78, 5) is 18.0. The number of thiazole rings is 1. The summed E-state index contributed by atoms with van der Waals surface area (Å²) in [6.45, 7) is 6.88. The SMILES string of the molecule is CC(C)(C)C1CCc2nc(NC(=O)Nc3ccc(Cl)cc3)sc2C1. The number of aryl methyl sites for hydroxylation is 1. The molecule has 3 rings (SSSR count). The molecule has 0 saturated carbocycles. The maximum absolute atomic E-state index is 12.1. The Balaban J connectivity index is 1.64. The number of halogens is 1. The van der Waals surface area contributed by atoms with Crippen LogP contribution in [0.2, 0.25) is 5.02 Å². The third kappa shape index (κ3) is 4.08. The molecule has 1 aliphatic rings. The van der Waals surface area contributed by atoms with E-state index >= 15 is 0 Å². The summed E-state index contributed by atoms with van der Waals surface area (Å²) in [5.41, 5.74) is 2.15. The fourth-order valence-electron chi connectivity index (χ4n) is 2.96. The fourth-order valence-corrected chi connectivity index (χ4v) is 4.17. The number of carbonyl (C=O) groups excluding carboxylic acids is 1. The van der Waals surface area contributed by atoms with E-state index in [9.17, 15) is 4.79 Å². The van der Waals surface area contributed by atoms with E-state index in [0.29, 0.717) is 27.2 Å². The predicted octanol–water partition coefficient (Wildman–Crippen LogP) is 5.59. The Morgan fingerprint density at radius 2 is 1.96 bits per heavy atom. The molecule has 0 fully saturated rings. The molecule has 1 aliphatic carbocycles. The van der Waals surface area contributed by atoms with Gasteiger partial charge in [-0.05, 0) is 54.9 Å². The molecule has 1 aromatic carbocycles. The van der Waals surface area contributed by atoms with Crippen LogP contribution in [0.5, 0.6) is 0 Å². The van der Waals surface area contributed by atoms with Crippen molar-refractivity contribution in [2.45, 2.75) is 40.0 Å². The first-order valence-electron chi connectivity index (χ1n) is 8.13. The number of nitrogens with one attached hydrogen (secondary N) is 2. The normalized spacial score (nSPS) is 17.2. The Bertz CT molecular complexity index is 734. The van der Waals surface area contributed by atoms with Crippen molar-refractivity contribution in [3.63, 3.8) is 0 Å².